The van der Waals surface area contributed by atoms with Gasteiger partial charge in [-0.1, -0.05) is 32.0 Å². The molecule has 1 aromatic carbocycles. The van der Waals surface area contributed by atoms with E-state index in [9.17, 15) is 9.18 Å². The maximum absolute atomic E-state index is 14.4. The van der Waals surface area contributed by atoms with Crippen LogP contribution in [0.2, 0.25) is 0 Å². The van der Waals surface area contributed by atoms with Crippen molar-refractivity contribution in [3.05, 3.63) is 52.7 Å². The molecule has 0 bridgehead atoms. The van der Waals surface area contributed by atoms with Gasteiger partial charge in [-0.3, -0.25) is 0 Å². The van der Waals surface area contributed by atoms with E-state index >= 15 is 0 Å². The summed E-state index contributed by atoms with van der Waals surface area (Å²) in [5.41, 5.74) is 2.19. The lowest BCUT2D eigenvalue weighted by atomic mass is 10.0. The molecule has 2 heterocycles. The molecule has 1 saturated heterocycles. The second-order valence-electron chi connectivity index (χ2n) is 9.55. The van der Waals surface area contributed by atoms with Crippen LogP contribution in [0.15, 0.2) is 24.3 Å². The molecule has 0 spiro atoms. The summed E-state index contributed by atoms with van der Waals surface area (Å²) in [7, 11) is 0. The van der Waals surface area contributed by atoms with Crippen molar-refractivity contribution in [1.29, 1.82) is 0 Å². The Morgan fingerprint density at radius 2 is 1.77 bits per heavy atom. The first kappa shape index (κ1) is 23.0. The number of carbonyl (C=O) groups excluding carboxylic acids is 1. The summed E-state index contributed by atoms with van der Waals surface area (Å²) in [4.78, 5) is 26.2. The van der Waals surface area contributed by atoms with E-state index in [1.54, 1.807) is 6.07 Å². The number of halogens is 1. The van der Waals surface area contributed by atoms with E-state index in [0.29, 0.717) is 38.2 Å². The number of hydrogen-bond acceptors (Lipinski definition) is 4. The highest BCUT2D eigenvalue weighted by Crippen LogP contribution is 2.27. The predicted molar refractivity (Wildman–Crippen MR) is 122 cm³/mol. The molecule has 1 aromatic heterocycles. The molecular formula is C24H34FN5O. The Morgan fingerprint density at radius 3 is 2.35 bits per heavy atom. The summed E-state index contributed by atoms with van der Waals surface area (Å²) in [6.45, 7) is 14.6. The minimum atomic E-state index is -0.267. The van der Waals surface area contributed by atoms with Crippen LogP contribution in [0, 0.1) is 12.7 Å². The molecule has 2 aromatic rings. The Hall–Kier alpha value is -2.70. The zero-order valence-corrected chi connectivity index (χ0v) is 19.5. The smallest absolute Gasteiger partial charge is 0.317 e. The van der Waals surface area contributed by atoms with Gasteiger partial charge in [-0.2, -0.15) is 0 Å². The monoisotopic (exact) mass is 427 g/mol. The number of anilines is 1. The van der Waals surface area contributed by atoms with Crippen LogP contribution >= 0.6 is 0 Å². The summed E-state index contributed by atoms with van der Waals surface area (Å²) >= 11 is 0. The lowest BCUT2D eigenvalue weighted by Crippen LogP contribution is -2.55. The van der Waals surface area contributed by atoms with E-state index in [4.69, 9.17) is 9.97 Å². The number of carbonyl (C=O) groups is 1. The SMILES string of the molecule is Cc1nc(C(C)C)nc(N2CCN(C(=O)NC(C)(C)C)CC2)c1Cc1ccccc1F. The van der Waals surface area contributed by atoms with Gasteiger partial charge in [0.15, 0.2) is 0 Å². The van der Waals surface area contributed by atoms with Crippen LogP contribution in [0.5, 0.6) is 0 Å². The van der Waals surface area contributed by atoms with E-state index < -0.39 is 0 Å². The number of piperazine rings is 1. The van der Waals surface area contributed by atoms with Gasteiger partial charge < -0.3 is 15.1 Å². The van der Waals surface area contributed by atoms with Crippen molar-refractivity contribution >= 4 is 11.8 Å². The fourth-order valence-corrected chi connectivity index (χ4v) is 3.68. The van der Waals surface area contributed by atoms with Gasteiger partial charge in [0.05, 0.1) is 0 Å². The Balaban J connectivity index is 1.86. The van der Waals surface area contributed by atoms with Crippen molar-refractivity contribution in [1.82, 2.24) is 20.2 Å². The van der Waals surface area contributed by atoms with Crippen LogP contribution < -0.4 is 10.2 Å². The standard InChI is InChI=1S/C24H34FN5O/c1-16(2)21-26-17(3)19(15-18-9-7-8-10-20(18)25)22(27-21)29-11-13-30(14-12-29)23(31)28-24(4,5)6/h7-10,16H,11-15H2,1-6H3,(H,28,31). The molecule has 1 aliphatic rings. The van der Waals surface area contributed by atoms with Gasteiger partial charge >= 0.3 is 6.03 Å². The Kier molecular flexibility index (Phi) is 6.82. The molecule has 6 nitrogen and oxygen atoms in total. The molecule has 1 fully saturated rings. The number of aryl methyl sites for hydroxylation is 1. The molecule has 31 heavy (non-hydrogen) atoms. The number of nitrogens with one attached hydrogen (secondary N) is 1. The van der Waals surface area contributed by atoms with Crippen molar-refractivity contribution in [2.24, 2.45) is 0 Å². The number of benzene rings is 1. The van der Waals surface area contributed by atoms with Gasteiger partial charge in [-0.15, -0.1) is 0 Å². The molecule has 0 aliphatic carbocycles. The maximum Gasteiger partial charge on any atom is 0.317 e. The fourth-order valence-electron chi connectivity index (χ4n) is 3.68. The highest BCUT2D eigenvalue weighted by molar-refractivity contribution is 5.75. The Bertz CT molecular complexity index is 930. The second-order valence-corrected chi connectivity index (χ2v) is 9.55. The third kappa shape index (κ3) is 5.71. The fraction of sp³-hybridized carbons (Fsp3) is 0.542. The topological polar surface area (TPSA) is 61.4 Å². The normalized spacial score (nSPS) is 14.8. The summed E-state index contributed by atoms with van der Waals surface area (Å²) in [6, 6.07) is 6.81. The van der Waals surface area contributed by atoms with Crippen molar-refractivity contribution < 1.29 is 9.18 Å². The molecular weight excluding hydrogens is 393 g/mol. The molecule has 1 N–H and O–H groups in total. The highest BCUT2D eigenvalue weighted by atomic mass is 19.1. The third-order valence-electron chi connectivity index (χ3n) is 5.40. The summed E-state index contributed by atoms with van der Waals surface area (Å²) < 4.78 is 14.4. The quantitative estimate of drug-likeness (QED) is 0.792. The van der Waals surface area contributed by atoms with Crippen LogP contribution in [0.1, 0.15) is 63.2 Å². The first-order chi connectivity index (χ1) is 14.5. The number of urea groups is 1. The summed E-state index contributed by atoms with van der Waals surface area (Å²) in [6.07, 6.45) is 0.441. The van der Waals surface area contributed by atoms with Crippen LogP contribution in [0.25, 0.3) is 0 Å². The van der Waals surface area contributed by atoms with Crippen molar-refractivity contribution in [3.8, 4) is 0 Å². The van der Waals surface area contributed by atoms with Gasteiger partial charge in [0.1, 0.15) is 17.5 Å². The van der Waals surface area contributed by atoms with Crippen molar-refractivity contribution in [2.45, 2.75) is 59.4 Å². The van der Waals surface area contributed by atoms with Gasteiger partial charge in [0.2, 0.25) is 0 Å². The number of rotatable bonds is 4. The molecule has 0 atom stereocenters. The Morgan fingerprint density at radius 1 is 1.13 bits per heavy atom. The summed E-state index contributed by atoms with van der Waals surface area (Å²) in [5.74, 6) is 1.62. The van der Waals surface area contributed by atoms with Crippen LogP contribution in [-0.4, -0.2) is 52.6 Å². The number of hydrogen-bond donors (Lipinski definition) is 1. The first-order valence-electron chi connectivity index (χ1n) is 11.0. The molecule has 0 radical (unpaired) electrons. The molecule has 3 rings (SSSR count). The highest BCUT2D eigenvalue weighted by Gasteiger charge is 2.27. The van der Waals surface area contributed by atoms with Crippen molar-refractivity contribution in [3.63, 3.8) is 0 Å². The molecule has 168 valence electrons. The Labute approximate surface area is 184 Å². The molecule has 7 heteroatoms. The molecule has 0 saturated carbocycles. The van der Waals surface area contributed by atoms with Crippen LogP contribution in [0.3, 0.4) is 0 Å². The van der Waals surface area contributed by atoms with E-state index in [1.807, 2.05) is 44.7 Å². The van der Waals surface area contributed by atoms with Crippen LogP contribution in [0.4, 0.5) is 15.0 Å². The second kappa shape index (κ2) is 9.20. The minimum Gasteiger partial charge on any atom is -0.353 e. The molecule has 1 aliphatic heterocycles. The maximum atomic E-state index is 14.4. The average Bonchev–Trinajstić information content (AvgIpc) is 2.69. The lowest BCUT2D eigenvalue weighted by molar-refractivity contribution is 0.185. The molecule has 0 unspecified atom stereocenters. The van der Waals surface area contributed by atoms with Gasteiger partial charge in [0, 0.05) is 55.3 Å². The summed E-state index contributed by atoms with van der Waals surface area (Å²) in [5, 5.41) is 3.03. The average molecular weight is 428 g/mol. The van der Waals surface area contributed by atoms with Gasteiger partial charge in [-0.25, -0.2) is 19.2 Å². The number of nitrogens with zero attached hydrogens (tertiary/aromatic N) is 4. The number of amides is 2. The van der Waals surface area contributed by atoms with E-state index in [2.05, 4.69) is 24.1 Å². The van der Waals surface area contributed by atoms with Gasteiger partial charge in [-0.05, 0) is 39.3 Å². The predicted octanol–water partition coefficient (Wildman–Crippen LogP) is 4.27. The van der Waals surface area contributed by atoms with Crippen molar-refractivity contribution in [2.75, 3.05) is 31.1 Å². The number of aromatic nitrogens is 2. The van der Waals surface area contributed by atoms with E-state index in [1.165, 1.54) is 6.07 Å². The van der Waals surface area contributed by atoms with Gasteiger partial charge in [0.25, 0.3) is 0 Å². The first-order valence-corrected chi connectivity index (χ1v) is 11.0. The zero-order valence-electron chi connectivity index (χ0n) is 19.5. The van der Waals surface area contributed by atoms with Crippen LogP contribution in [-0.2, 0) is 6.42 Å². The minimum absolute atomic E-state index is 0.0412. The third-order valence-corrected chi connectivity index (χ3v) is 5.40. The van der Waals surface area contributed by atoms with E-state index in [-0.39, 0.29) is 23.3 Å². The largest absolute Gasteiger partial charge is 0.353 e. The zero-order chi connectivity index (χ0) is 22.8. The van der Waals surface area contributed by atoms with E-state index in [0.717, 1.165) is 22.9 Å². The molecule has 2 amide bonds. The lowest BCUT2D eigenvalue weighted by Gasteiger charge is -2.37.